The maximum absolute atomic E-state index is 11.7. The minimum absolute atomic E-state index is 0.208. The zero-order valence-corrected chi connectivity index (χ0v) is 11.5. The molecule has 0 spiro atoms. The van der Waals surface area contributed by atoms with E-state index in [0.717, 1.165) is 0 Å². The summed E-state index contributed by atoms with van der Waals surface area (Å²) in [6.45, 7) is 2.25. The zero-order valence-electron chi connectivity index (χ0n) is 11.5. The van der Waals surface area contributed by atoms with Crippen LogP contribution < -0.4 is 11.1 Å². The maximum atomic E-state index is 11.7. The van der Waals surface area contributed by atoms with E-state index >= 15 is 0 Å². The lowest BCUT2D eigenvalue weighted by molar-refractivity contribution is -0.122. The number of amides is 1. The second-order valence-corrected chi connectivity index (χ2v) is 4.78. The van der Waals surface area contributed by atoms with Crippen LogP contribution in [0.25, 0.3) is 0 Å². The maximum Gasteiger partial charge on any atom is 0.237 e. The molecule has 1 unspecified atom stereocenters. The number of carbonyl (C=O) groups is 1. The summed E-state index contributed by atoms with van der Waals surface area (Å²) in [7, 11) is 0. The molecule has 0 fully saturated rings. The van der Waals surface area contributed by atoms with Crippen molar-refractivity contribution in [1.29, 1.82) is 0 Å². The highest BCUT2D eigenvalue weighted by Crippen LogP contribution is 2.25. The Morgan fingerprint density at radius 2 is 2.05 bits per heavy atom. The molecule has 0 saturated heterocycles. The first-order valence-corrected chi connectivity index (χ1v) is 6.66. The first kappa shape index (κ1) is 16.3. The Labute approximate surface area is 118 Å². The van der Waals surface area contributed by atoms with Crippen LogP contribution in [0.2, 0.25) is 0 Å². The fourth-order valence-electron chi connectivity index (χ4n) is 1.74. The lowest BCUT2D eigenvalue weighted by Gasteiger charge is -2.14. The number of aliphatic hydroxyl groups is 1. The topological polar surface area (TPSA) is 116 Å². The van der Waals surface area contributed by atoms with Crippen molar-refractivity contribution < 1.29 is 20.1 Å². The predicted octanol–water partition coefficient (Wildman–Crippen LogP) is 0.245. The fraction of sp³-hybridized carbons (Fsp3) is 0.500. The van der Waals surface area contributed by atoms with Gasteiger partial charge in [-0.2, -0.15) is 0 Å². The van der Waals surface area contributed by atoms with Gasteiger partial charge in [-0.15, -0.1) is 0 Å². The van der Waals surface area contributed by atoms with Crippen molar-refractivity contribution >= 4 is 5.91 Å². The highest BCUT2D eigenvalue weighted by molar-refractivity contribution is 5.81. The highest BCUT2D eigenvalue weighted by Gasteiger charge is 2.14. The van der Waals surface area contributed by atoms with Gasteiger partial charge in [0.2, 0.25) is 5.91 Å². The van der Waals surface area contributed by atoms with Crippen LogP contribution in [0.15, 0.2) is 18.2 Å². The Kier molecular flexibility index (Phi) is 6.27. The number of phenolic OH excluding ortho intramolecular Hbond substituents is 2. The number of nitrogens with one attached hydrogen (secondary N) is 1. The first-order valence-electron chi connectivity index (χ1n) is 6.66. The number of aromatic hydroxyl groups is 2. The van der Waals surface area contributed by atoms with E-state index < -0.39 is 12.1 Å². The van der Waals surface area contributed by atoms with E-state index in [9.17, 15) is 20.1 Å². The summed E-state index contributed by atoms with van der Waals surface area (Å²) in [5.41, 5.74) is 6.43. The Bertz CT molecular complexity index is 451. The van der Waals surface area contributed by atoms with Crippen LogP contribution in [0.3, 0.4) is 0 Å². The van der Waals surface area contributed by atoms with Gasteiger partial charge in [0.25, 0.3) is 0 Å². The number of hydrogen-bond acceptors (Lipinski definition) is 5. The second-order valence-electron chi connectivity index (χ2n) is 4.78. The summed E-state index contributed by atoms with van der Waals surface area (Å²) in [5, 5.41) is 30.6. The molecular weight excluding hydrogens is 260 g/mol. The predicted molar refractivity (Wildman–Crippen MR) is 75.4 cm³/mol. The van der Waals surface area contributed by atoms with Gasteiger partial charge in [-0.1, -0.05) is 13.0 Å². The molecule has 1 amide bonds. The van der Waals surface area contributed by atoms with Crippen LogP contribution in [-0.2, 0) is 11.2 Å². The van der Waals surface area contributed by atoms with Gasteiger partial charge in [0.05, 0.1) is 12.1 Å². The third kappa shape index (κ3) is 5.07. The first-order chi connectivity index (χ1) is 9.43. The molecule has 6 nitrogen and oxygen atoms in total. The molecule has 2 atom stereocenters. The molecule has 0 aliphatic carbocycles. The quantitative estimate of drug-likeness (QED) is 0.460. The Balaban J connectivity index is 2.43. The zero-order chi connectivity index (χ0) is 15.1. The van der Waals surface area contributed by atoms with Gasteiger partial charge in [0, 0.05) is 6.54 Å². The minimum atomic E-state index is -0.738. The summed E-state index contributed by atoms with van der Waals surface area (Å²) < 4.78 is 0. The van der Waals surface area contributed by atoms with Gasteiger partial charge >= 0.3 is 0 Å². The van der Waals surface area contributed by atoms with Gasteiger partial charge in [-0.25, -0.2) is 0 Å². The van der Waals surface area contributed by atoms with E-state index in [0.29, 0.717) is 24.9 Å². The van der Waals surface area contributed by atoms with Crippen molar-refractivity contribution in [3.8, 4) is 11.5 Å². The molecule has 6 N–H and O–H groups in total. The fourth-order valence-corrected chi connectivity index (χ4v) is 1.74. The van der Waals surface area contributed by atoms with Crippen LogP contribution >= 0.6 is 0 Å². The van der Waals surface area contributed by atoms with Crippen molar-refractivity contribution in [3.05, 3.63) is 23.8 Å². The standard InChI is InChI=1S/C14H22N2O4/c1-2-10(17)5-6-16-14(20)11(15)7-9-3-4-12(18)13(19)8-9/h3-4,8,10-11,17-19H,2,5-7,15H2,1H3,(H,16,20)/t10?,11-/m0/s1. The van der Waals surface area contributed by atoms with Crippen LogP contribution in [0, 0.1) is 0 Å². The summed E-state index contributed by atoms with van der Waals surface area (Å²) in [6.07, 6.45) is 0.986. The van der Waals surface area contributed by atoms with Crippen molar-refractivity contribution in [1.82, 2.24) is 5.32 Å². The van der Waals surface area contributed by atoms with Crippen molar-refractivity contribution in [3.63, 3.8) is 0 Å². The molecule has 112 valence electrons. The Hall–Kier alpha value is -1.79. The van der Waals surface area contributed by atoms with E-state index in [1.807, 2.05) is 6.92 Å². The second kappa shape index (κ2) is 7.72. The molecule has 0 aromatic heterocycles. The third-order valence-corrected chi connectivity index (χ3v) is 3.08. The van der Waals surface area contributed by atoms with E-state index in [4.69, 9.17) is 5.73 Å². The lowest BCUT2D eigenvalue weighted by atomic mass is 10.1. The van der Waals surface area contributed by atoms with Crippen molar-refractivity contribution in [2.75, 3.05) is 6.54 Å². The third-order valence-electron chi connectivity index (χ3n) is 3.08. The molecule has 1 aromatic carbocycles. The van der Waals surface area contributed by atoms with Gasteiger partial charge in [0.15, 0.2) is 11.5 Å². The molecule has 0 aliphatic heterocycles. The molecule has 0 bridgehead atoms. The summed E-state index contributed by atoms with van der Waals surface area (Å²) in [5.74, 6) is -0.748. The van der Waals surface area contributed by atoms with Crippen molar-refractivity contribution in [2.24, 2.45) is 5.73 Å². The number of aliphatic hydroxyl groups excluding tert-OH is 1. The molecule has 0 heterocycles. The molecule has 1 rings (SSSR count). The minimum Gasteiger partial charge on any atom is -0.504 e. The van der Waals surface area contributed by atoms with Gasteiger partial charge < -0.3 is 26.4 Å². The largest absolute Gasteiger partial charge is 0.504 e. The van der Waals surface area contributed by atoms with Gasteiger partial charge in [0.1, 0.15) is 0 Å². The molecule has 1 aromatic rings. The molecule has 0 aliphatic rings. The summed E-state index contributed by atoms with van der Waals surface area (Å²) >= 11 is 0. The average molecular weight is 282 g/mol. The number of hydrogen-bond donors (Lipinski definition) is 5. The van der Waals surface area contributed by atoms with Crippen LogP contribution in [0.5, 0.6) is 11.5 Å². The average Bonchev–Trinajstić information content (AvgIpc) is 2.42. The van der Waals surface area contributed by atoms with E-state index in [-0.39, 0.29) is 23.8 Å². The molecule has 0 saturated carbocycles. The molecule has 20 heavy (non-hydrogen) atoms. The normalized spacial score (nSPS) is 13.8. The van der Waals surface area contributed by atoms with Crippen molar-refractivity contribution in [2.45, 2.75) is 38.3 Å². The molecule has 6 heteroatoms. The summed E-state index contributed by atoms with van der Waals surface area (Å²) in [4.78, 5) is 11.7. The lowest BCUT2D eigenvalue weighted by Crippen LogP contribution is -2.42. The highest BCUT2D eigenvalue weighted by atomic mass is 16.3. The SMILES string of the molecule is CCC(O)CCNC(=O)[C@@H](N)Cc1ccc(O)c(O)c1. The van der Waals surface area contributed by atoms with Gasteiger partial charge in [-0.05, 0) is 37.0 Å². The monoisotopic (exact) mass is 282 g/mol. The smallest absolute Gasteiger partial charge is 0.237 e. The molecular formula is C14H22N2O4. The number of rotatable bonds is 7. The Morgan fingerprint density at radius 1 is 1.35 bits per heavy atom. The van der Waals surface area contributed by atoms with E-state index in [2.05, 4.69) is 5.32 Å². The molecule has 0 radical (unpaired) electrons. The number of phenols is 2. The number of carbonyl (C=O) groups excluding carboxylic acids is 1. The van der Waals surface area contributed by atoms with E-state index in [1.165, 1.54) is 12.1 Å². The van der Waals surface area contributed by atoms with Crippen LogP contribution in [0.4, 0.5) is 0 Å². The van der Waals surface area contributed by atoms with Gasteiger partial charge in [-0.3, -0.25) is 4.79 Å². The number of benzene rings is 1. The summed E-state index contributed by atoms with van der Waals surface area (Å²) in [6, 6.07) is 3.59. The van der Waals surface area contributed by atoms with Crippen LogP contribution in [0.1, 0.15) is 25.3 Å². The Morgan fingerprint density at radius 3 is 2.65 bits per heavy atom. The number of nitrogens with two attached hydrogens (primary N) is 1. The van der Waals surface area contributed by atoms with E-state index in [1.54, 1.807) is 6.07 Å². The van der Waals surface area contributed by atoms with Crippen LogP contribution in [-0.4, -0.2) is 39.9 Å².